The Bertz CT molecular complexity index is 706. The van der Waals surface area contributed by atoms with Gasteiger partial charge in [0, 0.05) is 18.5 Å². The van der Waals surface area contributed by atoms with E-state index in [0.29, 0.717) is 28.8 Å². The number of nitrogens with zero attached hydrogens (tertiary/aromatic N) is 3. The molecule has 0 aliphatic heterocycles. The normalized spacial score (nSPS) is 11.4. The summed E-state index contributed by atoms with van der Waals surface area (Å²) in [6, 6.07) is 11.0. The van der Waals surface area contributed by atoms with Crippen molar-refractivity contribution in [3.63, 3.8) is 0 Å². The Morgan fingerprint density at radius 1 is 1.25 bits per heavy atom. The summed E-state index contributed by atoms with van der Waals surface area (Å²) in [6.45, 7) is 5.10. The molecule has 0 radical (unpaired) electrons. The van der Waals surface area contributed by atoms with E-state index in [2.05, 4.69) is 10.2 Å². The fourth-order valence-corrected chi connectivity index (χ4v) is 3.11. The average molecular weight is 365 g/mol. The summed E-state index contributed by atoms with van der Waals surface area (Å²) >= 11 is 7.54. The monoisotopic (exact) mass is 364 g/mol. The van der Waals surface area contributed by atoms with Gasteiger partial charge in [-0.2, -0.15) is 0 Å². The molecule has 0 unspecified atom stereocenters. The van der Waals surface area contributed by atoms with Crippen LogP contribution in [0.15, 0.2) is 46.3 Å². The molecule has 7 heteroatoms. The summed E-state index contributed by atoms with van der Waals surface area (Å²) in [5.74, 6) is -0.168. The third-order valence-electron chi connectivity index (χ3n) is 3.47. The first-order valence-electron chi connectivity index (χ1n) is 7.54. The minimum Gasteiger partial charge on any atom is -0.340 e. The first-order valence-corrected chi connectivity index (χ1v) is 8.73. The molecule has 0 saturated carbocycles. The van der Waals surface area contributed by atoms with Crippen molar-refractivity contribution >= 4 is 29.3 Å². The molecule has 1 aromatic carbocycles. The zero-order valence-corrected chi connectivity index (χ0v) is 15.6. The number of hydrogen-bond acceptors (Lipinski definition) is 5. The molecule has 0 saturated heterocycles. The third kappa shape index (κ3) is 4.93. The summed E-state index contributed by atoms with van der Waals surface area (Å²) in [5, 5.41) is 9.51. The second-order valence-corrected chi connectivity index (χ2v) is 7.79. The lowest BCUT2D eigenvalue weighted by molar-refractivity contribution is 0.0733. The molecule has 1 heterocycles. The van der Waals surface area contributed by atoms with Gasteiger partial charge in [0.15, 0.2) is 5.69 Å². The fourth-order valence-electron chi connectivity index (χ4n) is 2.10. The number of amides is 1. The number of nitrogens with two attached hydrogens (primary N) is 1. The highest BCUT2D eigenvalue weighted by molar-refractivity contribution is 7.99. The molecule has 1 aromatic heterocycles. The van der Waals surface area contributed by atoms with Gasteiger partial charge in [-0.3, -0.25) is 4.79 Å². The molecule has 5 nitrogen and oxygen atoms in total. The van der Waals surface area contributed by atoms with Crippen LogP contribution in [0.2, 0.25) is 5.02 Å². The summed E-state index contributed by atoms with van der Waals surface area (Å²) in [6.07, 6.45) is 0. The van der Waals surface area contributed by atoms with Crippen LogP contribution < -0.4 is 5.73 Å². The van der Waals surface area contributed by atoms with E-state index in [1.165, 1.54) is 11.8 Å². The molecule has 0 atom stereocenters. The van der Waals surface area contributed by atoms with Crippen LogP contribution in [-0.4, -0.2) is 41.1 Å². The predicted octanol–water partition coefficient (Wildman–Crippen LogP) is 3.34. The maximum absolute atomic E-state index is 12.4. The van der Waals surface area contributed by atoms with E-state index in [9.17, 15) is 4.79 Å². The van der Waals surface area contributed by atoms with E-state index >= 15 is 0 Å². The molecular formula is C17H21ClN4OS. The van der Waals surface area contributed by atoms with Gasteiger partial charge in [0.1, 0.15) is 5.03 Å². The molecule has 2 rings (SSSR count). The first-order chi connectivity index (χ1) is 11.3. The molecule has 0 aliphatic carbocycles. The molecule has 0 fully saturated rings. The van der Waals surface area contributed by atoms with Crippen molar-refractivity contribution in [2.45, 2.75) is 23.8 Å². The van der Waals surface area contributed by atoms with Gasteiger partial charge in [-0.15, -0.1) is 10.2 Å². The first kappa shape index (κ1) is 18.7. The highest BCUT2D eigenvalue weighted by Gasteiger charge is 2.22. The number of carbonyl (C=O) groups excluding carboxylic acids is 1. The lowest BCUT2D eigenvalue weighted by Crippen LogP contribution is -2.40. The van der Waals surface area contributed by atoms with Gasteiger partial charge in [-0.25, -0.2) is 0 Å². The molecule has 0 aliphatic rings. The van der Waals surface area contributed by atoms with E-state index in [4.69, 9.17) is 17.3 Å². The molecule has 0 spiro atoms. The van der Waals surface area contributed by atoms with Crippen LogP contribution in [0.3, 0.4) is 0 Å². The van der Waals surface area contributed by atoms with Gasteiger partial charge < -0.3 is 10.6 Å². The molecule has 24 heavy (non-hydrogen) atoms. The van der Waals surface area contributed by atoms with Crippen molar-refractivity contribution in [2.24, 2.45) is 11.1 Å². The largest absolute Gasteiger partial charge is 0.340 e. The lowest BCUT2D eigenvalue weighted by Gasteiger charge is -2.28. The van der Waals surface area contributed by atoms with Gasteiger partial charge in [0.05, 0.1) is 5.02 Å². The van der Waals surface area contributed by atoms with Gasteiger partial charge in [-0.05, 0) is 36.2 Å². The molecule has 128 valence electrons. The maximum Gasteiger partial charge on any atom is 0.274 e. The molecule has 0 bridgehead atoms. The summed E-state index contributed by atoms with van der Waals surface area (Å²) < 4.78 is 0. The number of carbonyl (C=O) groups is 1. The van der Waals surface area contributed by atoms with Crippen molar-refractivity contribution in [1.82, 2.24) is 15.1 Å². The molecule has 1 amide bonds. The zero-order valence-electron chi connectivity index (χ0n) is 14.0. The van der Waals surface area contributed by atoms with Gasteiger partial charge in [0.2, 0.25) is 0 Å². The lowest BCUT2D eigenvalue weighted by atomic mass is 9.93. The van der Waals surface area contributed by atoms with Crippen molar-refractivity contribution in [2.75, 3.05) is 20.1 Å². The number of halogens is 1. The second kappa shape index (κ2) is 7.96. The highest BCUT2D eigenvalue weighted by Crippen LogP contribution is 2.31. The third-order valence-corrected chi connectivity index (χ3v) is 4.92. The smallest absolute Gasteiger partial charge is 0.274 e. The van der Waals surface area contributed by atoms with E-state index in [1.807, 2.05) is 38.1 Å². The van der Waals surface area contributed by atoms with Gasteiger partial charge in [-0.1, -0.05) is 49.3 Å². The second-order valence-electron chi connectivity index (χ2n) is 6.32. The van der Waals surface area contributed by atoms with Crippen LogP contribution in [0.1, 0.15) is 24.3 Å². The minimum absolute atomic E-state index is 0.141. The van der Waals surface area contributed by atoms with Crippen LogP contribution in [-0.2, 0) is 0 Å². The Morgan fingerprint density at radius 2 is 1.96 bits per heavy atom. The van der Waals surface area contributed by atoms with Crippen LogP contribution >= 0.6 is 23.4 Å². The summed E-state index contributed by atoms with van der Waals surface area (Å²) in [5.41, 5.74) is 5.89. The van der Waals surface area contributed by atoms with E-state index < -0.39 is 0 Å². The Labute approximate surface area is 151 Å². The highest BCUT2D eigenvalue weighted by atomic mass is 35.5. The SMILES string of the molecule is CN(CC(C)(C)CN)C(=O)c1ccc(Sc2ccccc2Cl)nn1. The van der Waals surface area contributed by atoms with Crippen molar-refractivity contribution < 1.29 is 4.79 Å². The molecule has 2 aromatic rings. The Kier molecular flexibility index (Phi) is 6.21. The minimum atomic E-state index is -0.168. The van der Waals surface area contributed by atoms with E-state index in [1.54, 1.807) is 24.1 Å². The standard InChI is InChI=1S/C17H21ClN4OS/c1-17(2,10-19)11-22(3)16(23)13-8-9-15(21-20-13)24-14-7-5-4-6-12(14)18/h4-9H,10-11,19H2,1-3H3. The van der Waals surface area contributed by atoms with E-state index in [0.717, 1.165) is 4.90 Å². The Balaban J connectivity index is 2.06. The van der Waals surface area contributed by atoms with Crippen molar-refractivity contribution in [3.05, 3.63) is 47.1 Å². The number of benzene rings is 1. The van der Waals surface area contributed by atoms with Gasteiger partial charge >= 0.3 is 0 Å². The number of rotatable bonds is 6. The van der Waals surface area contributed by atoms with Crippen molar-refractivity contribution in [3.8, 4) is 0 Å². The maximum atomic E-state index is 12.4. The molecule has 2 N–H and O–H groups in total. The Morgan fingerprint density at radius 3 is 2.54 bits per heavy atom. The molecular weight excluding hydrogens is 344 g/mol. The van der Waals surface area contributed by atoms with Crippen LogP contribution in [0.4, 0.5) is 0 Å². The quantitative estimate of drug-likeness (QED) is 0.851. The van der Waals surface area contributed by atoms with E-state index in [-0.39, 0.29) is 11.3 Å². The predicted molar refractivity (Wildman–Crippen MR) is 97.4 cm³/mol. The number of aromatic nitrogens is 2. The summed E-state index contributed by atoms with van der Waals surface area (Å²) in [7, 11) is 1.74. The van der Waals surface area contributed by atoms with Crippen LogP contribution in [0.25, 0.3) is 0 Å². The average Bonchev–Trinajstić information content (AvgIpc) is 2.56. The van der Waals surface area contributed by atoms with Gasteiger partial charge in [0.25, 0.3) is 5.91 Å². The zero-order chi connectivity index (χ0) is 17.7. The van der Waals surface area contributed by atoms with Crippen LogP contribution in [0, 0.1) is 5.41 Å². The summed E-state index contributed by atoms with van der Waals surface area (Å²) in [4.78, 5) is 14.9. The number of hydrogen-bond donors (Lipinski definition) is 1. The Hall–Kier alpha value is -1.63. The fraction of sp³-hybridized carbons (Fsp3) is 0.353. The topological polar surface area (TPSA) is 72.1 Å². The van der Waals surface area contributed by atoms with Crippen LogP contribution in [0.5, 0.6) is 0 Å². The van der Waals surface area contributed by atoms with Crippen molar-refractivity contribution in [1.29, 1.82) is 0 Å².